The maximum Gasteiger partial charge on any atom is 0.216 e. The quantitative estimate of drug-likeness (QED) is 0.766. The van der Waals surface area contributed by atoms with Crippen LogP contribution in [0.2, 0.25) is 0 Å². The van der Waals surface area contributed by atoms with Gasteiger partial charge in [0.25, 0.3) is 0 Å². The van der Waals surface area contributed by atoms with E-state index in [4.69, 9.17) is 9.84 Å². The van der Waals surface area contributed by atoms with Crippen LogP contribution < -0.4 is 4.74 Å². The summed E-state index contributed by atoms with van der Waals surface area (Å²) in [5, 5.41) is 9.12. The van der Waals surface area contributed by atoms with Gasteiger partial charge in [0.05, 0.1) is 13.7 Å². The van der Waals surface area contributed by atoms with E-state index in [1.165, 1.54) is 0 Å². The monoisotopic (exact) mass is 181 g/mol. The summed E-state index contributed by atoms with van der Waals surface area (Å²) in [5.74, 6) is 0.743. The van der Waals surface area contributed by atoms with Crippen LogP contribution in [0.25, 0.3) is 0 Å². The molecular formula is C10H15NO2. The Morgan fingerprint density at radius 2 is 2.38 bits per heavy atom. The van der Waals surface area contributed by atoms with Crippen molar-refractivity contribution in [2.24, 2.45) is 0 Å². The van der Waals surface area contributed by atoms with Crippen molar-refractivity contribution in [3.63, 3.8) is 0 Å². The van der Waals surface area contributed by atoms with E-state index in [1.54, 1.807) is 13.3 Å². The number of aliphatic hydroxyl groups is 1. The number of methoxy groups -OCH3 is 1. The van der Waals surface area contributed by atoms with Gasteiger partial charge >= 0.3 is 0 Å². The Kier molecular flexibility index (Phi) is 3.71. The second-order valence-electron chi connectivity index (χ2n) is 2.89. The first-order chi connectivity index (χ1) is 6.33. The van der Waals surface area contributed by atoms with Crippen LogP contribution in [-0.2, 0) is 0 Å². The van der Waals surface area contributed by atoms with Gasteiger partial charge in [0.1, 0.15) is 0 Å². The van der Waals surface area contributed by atoms with Crippen molar-refractivity contribution in [3.8, 4) is 5.88 Å². The fourth-order valence-corrected chi connectivity index (χ4v) is 1.33. The van der Waals surface area contributed by atoms with Gasteiger partial charge in [0.2, 0.25) is 5.88 Å². The predicted octanol–water partition coefficient (Wildman–Crippen LogP) is 1.58. The topological polar surface area (TPSA) is 42.4 Å². The van der Waals surface area contributed by atoms with Crippen LogP contribution in [0.15, 0.2) is 18.3 Å². The molecule has 1 rings (SSSR count). The van der Waals surface area contributed by atoms with Crippen molar-refractivity contribution >= 4 is 0 Å². The lowest BCUT2D eigenvalue weighted by molar-refractivity contribution is 0.258. The molecule has 0 fully saturated rings. The summed E-state index contributed by atoms with van der Waals surface area (Å²) in [7, 11) is 1.59. The van der Waals surface area contributed by atoms with Crippen molar-refractivity contribution in [3.05, 3.63) is 23.9 Å². The lowest BCUT2D eigenvalue weighted by Crippen LogP contribution is -2.05. The van der Waals surface area contributed by atoms with Crippen molar-refractivity contribution in [2.45, 2.75) is 19.3 Å². The number of ether oxygens (including phenoxy) is 1. The highest BCUT2D eigenvalue weighted by Crippen LogP contribution is 2.25. The summed E-state index contributed by atoms with van der Waals surface area (Å²) >= 11 is 0. The minimum absolute atomic E-state index is 0.128. The SMILES string of the molecule is CCC(CO)c1cccnc1OC. The van der Waals surface area contributed by atoms with Crippen LogP contribution in [0.5, 0.6) is 5.88 Å². The molecule has 3 heteroatoms. The Morgan fingerprint density at radius 3 is 2.92 bits per heavy atom. The number of hydrogen-bond donors (Lipinski definition) is 1. The molecule has 1 N–H and O–H groups in total. The van der Waals surface area contributed by atoms with E-state index in [0.29, 0.717) is 5.88 Å². The molecule has 0 amide bonds. The second kappa shape index (κ2) is 4.82. The van der Waals surface area contributed by atoms with Crippen molar-refractivity contribution < 1.29 is 9.84 Å². The van der Waals surface area contributed by atoms with Gasteiger partial charge in [-0.15, -0.1) is 0 Å². The zero-order chi connectivity index (χ0) is 9.68. The molecule has 0 bridgehead atoms. The zero-order valence-electron chi connectivity index (χ0n) is 8.03. The minimum Gasteiger partial charge on any atom is -0.481 e. The normalized spacial score (nSPS) is 12.5. The Morgan fingerprint density at radius 1 is 1.62 bits per heavy atom. The number of rotatable bonds is 4. The summed E-state index contributed by atoms with van der Waals surface area (Å²) in [6, 6.07) is 3.80. The van der Waals surface area contributed by atoms with Crippen molar-refractivity contribution in [2.75, 3.05) is 13.7 Å². The van der Waals surface area contributed by atoms with E-state index in [2.05, 4.69) is 4.98 Å². The maximum absolute atomic E-state index is 9.12. The van der Waals surface area contributed by atoms with Gasteiger partial charge < -0.3 is 9.84 Å². The first kappa shape index (κ1) is 9.99. The molecule has 0 aliphatic rings. The molecule has 72 valence electrons. The number of aliphatic hydroxyl groups excluding tert-OH is 1. The van der Waals surface area contributed by atoms with Gasteiger partial charge in [-0.25, -0.2) is 4.98 Å². The largest absolute Gasteiger partial charge is 0.481 e. The third-order valence-electron chi connectivity index (χ3n) is 2.15. The minimum atomic E-state index is 0.128. The van der Waals surface area contributed by atoms with Crippen molar-refractivity contribution in [1.82, 2.24) is 4.98 Å². The highest BCUT2D eigenvalue weighted by molar-refractivity contribution is 5.29. The molecule has 0 saturated heterocycles. The average Bonchev–Trinajstić information content (AvgIpc) is 2.20. The molecule has 1 unspecified atom stereocenters. The maximum atomic E-state index is 9.12. The predicted molar refractivity (Wildman–Crippen MR) is 50.9 cm³/mol. The third kappa shape index (κ3) is 2.18. The lowest BCUT2D eigenvalue weighted by atomic mass is 9.99. The van der Waals surface area contributed by atoms with Gasteiger partial charge in [-0.1, -0.05) is 13.0 Å². The summed E-state index contributed by atoms with van der Waals surface area (Å²) in [6.07, 6.45) is 2.57. The van der Waals surface area contributed by atoms with Gasteiger partial charge in [0.15, 0.2) is 0 Å². The molecule has 1 atom stereocenters. The number of pyridine rings is 1. The first-order valence-electron chi connectivity index (χ1n) is 4.43. The fraction of sp³-hybridized carbons (Fsp3) is 0.500. The standard InChI is InChI=1S/C10H15NO2/c1-3-8(7-12)9-5-4-6-11-10(9)13-2/h4-6,8,12H,3,7H2,1-2H3. The molecule has 0 radical (unpaired) electrons. The van der Waals surface area contributed by atoms with Crippen LogP contribution >= 0.6 is 0 Å². The Hall–Kier alpha value is -1.09. The molecule has 1 heterocycles. The average molecular weight is 181 g/mol. The van der Waals surface area contributed by atoms with Crippen molar-refractivity contribution in [1.29, 1.82) is 0 Å². The van der Waals surface area contributed by atoms with Crippen LogP contribution in [0, 0.1) is 0 Å². The third-order valence-corrected chi connectivity index (χ3v) is 2.15. The Bertz CT molecular complexity index is 259. The summed E-state index contributed by atoms with van der Waals surface area (Å²) < 4.78 is 5.11. The molecule has 0 saturated carbocycles. The summed E-state index contributed by atoms with van der Waals surface area (Å²) in [6.45, 7) is 2.17. The molecule has 1 aromatic heterocycles. The summed E-state index contributed by atoms with van der Waals surface area (Å²) in [4.78, 5) is 4.08. The highest BCUT2D eigenvalue weighted by atomic mass is 16.5. The van der Waals surface area contributed by atoms with E-state index in [9.17, 15) is 0 Å². The molecule has 1 aromatic rings. The van der Waals surface area contributed by atoms with E-state index in [1.807, 2.05) is 19.1 Å². The molecular weight excluding hydrogens is 166 g/mol. The molecule has 3 nitrogen and oxygen atoms in total. The second-order valence-corrected chi connectivity index (χ2v) is 2.89. The van der Waals surface area contributed by atoms with Crippen LogP contribution in [-0.4, -0.2) is 23.8 Å². The van der Waals surface area contributed by atoms with Crippen LogP contribution in [0.4, 0.5) is 0 Å². The zero-order valence-corrected chi connectivity index (χ0v) is 8.03. The smallest absolute Gasteiger partial charge is 0.216 e. The molecule has 0 spiro atoms. The molecule has 0 aliphatic carbocycles. The fourth-order valence-electron chi connectivity index (χ4n) is 1.33. The van der Waals surface area contributed by atoms with Crippen LogP contribution in [0.3, 0.4) is 0 Å². The van der Waals surface area contributed by atoms with E-state index in [0.717, 1.165) is 12.0 Å². The molecule has 0 aromatic carbocycles. The highest BCUT2D eigenvalue weighted by Gasteiger charge is 2.13. The van der Waals surface area contributed by atoms with Gasteiger partial charge in [-0.3, -0.25) is 0 Å². The lowest BCUT2D eigenvalue weighted by Gasteiger charge is -2.14. The number of nitrogens with zero attached hydrogens (tertiary/aromatic N) is 1. The van der Waals surface area contributed by atoms with Gasteiger partial charge in [0, 0.05) is 17.7 Å². The number of hydrogen-bond acceptors (Lipinski definition) is 3. The van der Waals surface area contributed by atoms with E-state index in [-0.39, 0.29) is 12.5 Å². The van der Waals surface area contributed by atoms with E-state index < -0.39 is 0 Å². The number of aromatic nitrogens is 1. The van der Waals surface area contributed by atoms with Gasteiger partial charge in [-0.05, 0) is 12.5 Å². The van der Waals surface area contributed by atoms with Gasteiger partial charge in [-0.2, -0.15) is 0 Å². The van der Waals surface area contributed by atoms with Crippen LogP contribution in [0.1, 0.15) is 24.8 Å². The first-order valence-corrected chi connectivity index (χ1v) is 4.43. The molecule has 0 aliphatic heterocycles. The Balaban J connectivity index is 2.96. The Labute approximate surface area is 78.4 Å². The molecule has 13 heavy (non-hydrogen) atoms. The summed E-state index contributed by atoms with van der Waals surface area (Å²) in [5.41, 5.74) is 0.981. The van der Waals surface area contributed by atoms with E-state index >= 15 is 0 Å².